The second-order valence-corrected chi connectivity index (χ2v) is 24.7. The van der Waals surface area contributed by atoms with Crippen LogP contribution in [0, 0.1) is 0 Å². The maximum atomic E-state index is 2.73. The first-order valence-electron chi connectivity index (χ1n) is 9.39. The zero-order valence-corrected chi connectivity index (χ0v) is 21.9. The van der Waals surface area contributed by atoms with E-state index in [-0.39, 0.29) is 24.8 Å². The van der Waals surface area contributed by atoms with Crippen LogP contribution in [0.5, 0.6) is 0 Å². The third-order valence-corrected chi connectivity index (χ3v) is 20.4. The summed E-state index contributed by atoms with van der Waals surface area (Å²) >= 11 is -0.594. The van der Waals surface area contributed by atoms with Gasteiger partial charge in [-0.2, -0.15) is 0 Å². The maximum Gasteiger partial charge on any atom is -1.00 e. The standard InChI is InChI=1S/2C10H15Si.2ClH.Zr/c2*1-9-4-5-10(8-9)11(2)6-3-7-11;;;/h2*4-5,8H,3,6-7H2,1-2H3;2*1H;/q;;;;+2/p-2. The van der Waals surface area contributed by atoms with Gasteiger partial charge in [0.05, 0.1) is 0 Å². The SMILES string of the molecule is C[C]1([Zr+2][C]2(C)C=CC([Si]3(C)CCC3)=C2)C=CC([Si]2(C)CCC2)=C1.[Cl-].[Cl-]. The van der Waals surface area contributed by atoms with Gasteiger partial charge in [-0.25, -0.2) is 0 Å². The van der Waals surface area contributed by atoms with E-state index in [9.17, 15) is 0 Å². The van der Waals surface area contributed by atoms with Gasteiger partial charge in [0.15, 0.2) is 0 Å². The van der Waals surface area contributed by atoms with E-state index in [0.717, 1.165) is 0 Å². The molecule has 0 bridgehead atoms. The molecule has 0 nitrogen and oxygen atoms in total. The largest absolute Gasteiger partial charge is 1.00 e. The molecule has 0 aromatic carbocycles. The second-order valence-electron chi connectivity index (χ2n) is 9.38. The van der Waals surface area contributed by atoms with Crippen LogP contribution in [0.1, 0.15) is 26.7 Å². The Kier molecular flexibility index (Phi) is 6.52. The summed E-state index contributed by atoms with van der Waals surface area (Å²) in [6.07, 6.45) is 18.7. The average molecular weight is 489 g/mol. The molecule has 5 heteroatoms. The number of hydrogen-bond donors (Lipinski definition) is 0. The van der Waals surface area contributed by atoms with E-state index in [1.54, 1.807) is 10.4 Å². The van der Waals surface area contributed by atoms with Gasteiger partial charge in [-0.3, -0.25) is 0 Å². The number of halogens is 2. The summed E-state index contributed by atoms with van der Waals surface area (Å²) in [7, 11) is -2.00. The molecule has 2 fully saturated rings. The summed E-state index contributed by atoms with van der Waals surface area (Å²) in [5.41, 5.74) is 0. The third kappa shape index (κ3) is 4.02. The quantitative estimate of drug-likeness (QED) is 0.505. The Balaban J connectivity index is 0.00000113. The molecule has 0 spiro atoms. The van der Waals surface area contributed by atoms with Gasteiger partial charge in [0.25, 0.3) is 0 Å². The molecule has 4 rings (SSSR count). The smallest absolute Gasteiger partial charge is 1.00 e. The van der Waals surface area contributed by atoms with Crippen molar-refractivity contribution in [2.24, 2.45) is 0 Å². The number of rotatable bonds is 4. The molecule has 2 aliphatic heterocycles. The summed E-state index contributed by atoms with van der Waals surface area (Å²) in [4.78, 5) is 0. The van der Waals surface area contributed by atoms with Crippen molar-refractivity contribution in [1.82, 2.24) is 0 Å². The molecular weight excluding hydrogens is 459 g/mol. The summed E-state index contributed by atoms with van der Waals surface area (Å²) in [5, 5.41) is 3.59. The van der Waals surface area contributed by atoms with Gasteiger partial charge in [0.1, 0.15) is 0 Å². The molecule has 0 aromatic heterocycles. The molecule has 0 aromatic rings. The van der Waals surface area contributed by atoms with Crippen molar-refractivity contribution in [2.75, 3.05) is 0 Å². The maximum absolute atomic E-state index is 2.73. The summed E-state index contributed by atoms with van der Waals surface area (Å²) in [6.45, 7) is 10.3. The Morgan fingerprint density at radius 3 is 1.40 bits per heavy atom. The van der Waals surface area contributed by atoms with Crippen LogP contribution in [-0.2, 0) is 23.2 Å². The predicted octanol–water partition coefficient (Wildman–Crippen LogP) is 0.470. The third-order valence-electron chi connectivity index (χ3n) is 6.98. The van der Waals surface area contributed by atoms with Gasteiger partial charge in [0.2, 0.25) is 0 Å². The predicted molar refractivity (Wildman–Crippen MR) is 103 cm³/mol. The van der Waals surface area contributed by atoms with Gasteiger partial charge < -0.3 is 24.8 Å². The van der Waals surface area contributed by atoms with Crippen LogP contribution in [0.25, 0.3) is 0 Å². The molecule has 0 radical (unpaired) electrons. The molecule has 136 valence electrons. The van der Waals surface area contributed by atoms with Gasteiger partial charge in [-0.15, -0.1) is 0 Å². The van der Waals surface area contributed by atoms with E-state index >= 15 is 0 Å². The van der Waals surface area contributed by atoms with E-state index in [4.69, 9.17) is 0 Å². The summed E-state index contributed by atoms with van der Waals surface area (Å²) in [5.74, 6) is 0. The van der Waals surface area contributed by atoms with Gasteiger partial charge in [0, 0.05) is 0 Å². The van der Waals surface area contributed by atoms with Crippen molar-refractivity contribution in [3.63, 3.8) is 0 Å². The minimum absolute atomic E-state index is 0. The van der Waals surface area contributed by atoms with Crippen molar-refractivity contribution in [3.8, 4) is 0 Å². The van der Waals surface area contributed by atoms with E-state index in [1.165, 1.54) is 37.0 Å². The molecule has 0 N–H and O–H groups in total. The fraction of sp³-hybridized carbons (Fsp3) is 0.600. The van der Waals surface area contributed by atoms with Crippen molar-refractivity contribution in [3.05, 3.63) is 46.8 Å². The molecule has 0 saturated carbocycles. The van der Waals surface area contributed by atoms with Crippen LogP contribution in [-0.4, -0.2) is 16.1 Å². The summed E-state index contributed by atoms with van der Waals surface area (Å²) < 4.78 is 0.884. The average Bonchev–Trinajstić information content (AvgIpc) is 2.98. The van der Waals surface area contributed by atoms with Gasteiger partial charge in [-0.05, 0) is 0 Å². The molecule has 25 heavy (non-hydrogen) atoms. The number of hydrogen-bond acceptors (Lipinski definition) is 0. The van der Waals surface area contributed by atoms with Crippen molar-refractivity contribution < 1.29 is 48.0 Å². The first-order chi connectivity index (χ1) is 10.7. The van der Waals surface area contributed by atoms with E-state index in [1.807, 2.05) is 0 Å². The van der Waals surface area contributed by atoms with Crippen LogP contribution >= 0.6 is 0 Å². The Morgan fingerprint density at radius 1 is 0.760 bits per heavy atom. The Bertz CT molecular complexity index is 603. The minimum atomic E-state index is -0.998. The normalized spacial score (nSPS) is 36.2. The molecular formula is C20H30Cl2Si2Zr. The molecule has 2 heterocycles. The Morgan fingerprint density at radius 2 is 1.12 bits per heavy atom. The zero-order chi connectivity index (χ0) is 16.3. The second kappa shape index (κ2) is 7.36. The van der Waals surface area contributed by atoms with Crippen molar-refractivity contribution in [2.45, 2.75) is 70.2 Å². The van der Waals surface area contributed by atoms with Crippen LogP contribution in [0.4, 0.5) is 0 Å². The fourth-order valence-electron chi connectivity index (χ4n) is 4.84. The molecule has 2 aliphatic carbocycles. The van der Waals surface area contributed by atoms with E-state index in [0.29, 0.717) is 6.25 Å². The van der Waals surface area contributed by atoms with Crippen molar-refractivity contribution in [1.29, 1.82) is 0 Å². The van der Waals surface area contributed by atoms with Crippen LogP contribution in [0.2, 0.25) is 43.5 Å². The molecule has 4 aliphatic rings. The topological polar surface area (TPSA) is 0 Å². The fourth-order valence-corrected chi connectivity index (χ4v) is 16.6. The van der Waals surface area contributed by atoms with Gasteiger partial charge >= 0.3 is 156 Å². The molecule has 2 atom stereocenters. The van der Waals surface area contributed by atoms with Gasteiger partial charge in [-0.1, -0.05) is 0 Å². The van der Waals surface area contributed by atoms with E-state index in [2.05, 4.69) is 63.4 Å². The first kappa shape index (κ1) is 22.1. The Labute approximate surface area is 180 Å². The van der Waals surface area contributed by atoms with Crippen LogP contribution in [0.15, 0.2) is 46.8 Å². The first-order valence-corrected chi connectivity index (χ1v) is 17.7. The van der Waals surface area contributed by atoms with Crippen LogP contribution in [0.3, 0.4) is 0 Å². The Hall–Kier alpha value is 0.857. The minimum Gasteiger partial charge on any atom is -1.00 e. The molecule has 2 saturated heterocycles. The zero-order valence-electron chi connectivity index (χ0n) is 16.0. The monoisotopic (exact) mass is 486 g/mol. The molecule has 2 unspecified atom stereocenters. The molecule has 0 amide bonds. The van der Waals surface area contributed by atoms with E-state index < -0.39 is 39.4 Å². The van der Waals surface area contributed by atoms with Crippen molar-refractivity contribution >= 4 is 16.1 Å². The summed E-state index contributed by atoms with van der Waals surface area (Å²) in [6, 6.07) is 6.15. The van der Waals surface area contributed by atoms with Crippen LogP contribution < -0.4 is 24.8 Å². The number of allylic oxidation sites excluding steroid dienone is 8.